The molecule has 1 aliphatic rings. The van der Waals surface area contributed by atoms with Crippen LogP contribution < -0.4 is 10.2 Å². The normalized spacial score (nSPS) is 15.0. The Kier molecular flexibility index (Phi) is 5.09. The van der Waals surface area contributed by atoms with Crippen LogP contribution >= 0.6 is 0 Å². The number of carbonyl (C=O) groups is 1. The summed E-state index contributed by atoms with van der Waals surface area (Å²) in [5.74, 6) is -1.38. The van der Waals surface area contributed by atoms with Gasteiger partial charge in [-0.3, -0.25) is 0 Å². The summed E-state index contributed by atoms with van der Waals surface area (Å²) in [5, 5.41) is 12.1. The van der Waals surface area contributed by atoms with E-state index in [1.165, 1.54) is 11.9 Å². The number of amides is 2. The maximum atomic E-state index is 14.2. The van der Waals surface area contributed by atoms with Gasteiger partial charge in [-0.05, 0) is 38.8 Å². The highest BCUT2D eigenvalue weighted by molar-refractivity contribution is 5.89. The van der Waals surface area contributed by atoms with Gasteiger partial charge in [0, 0.05) is 25.8 Å². The zero-order valence-corrected chi connectivity index (χ0v) is 13.7. The number of halogens is 2. The third kappa shape index (κ3) is 4.54. The molecule has 2 amide bonds. The van der Waals surface area contributed by atoms with E-state index in [4.69, 9.17) is 0 Å². The second kappa shape index (κ2) is 6.70. The lowest BCUT2D eigenvalue weighted by Crippen LogP contribution is -2.41. The Bertz CT molecular complexity index is 558. The molecule has 1 aromatic rings. The Morgan fingerprint density at radius 2 is 1.83 bits per heavy atom. The zero-order valence-electron chi connectivity index (χ0n) is 13.7. The molecular weight excluding hydrogens is 304 g/mol. The Balaban J connectivity index is 2.10. The Morgan fingerprint density at radius 3 is 2.30 bits per heavy atom. The number of rotatable bonds is 4. The highest BCUT2D eigenvalue weighted by Crippen LogP contribution is 2.29. The molecule has 0 aliphatic carbocycles. The first-order valence-electron chi connectivity index (χ1n) is 7.66. The second-order valence-electron chi connectivity index (χ2n) is 6.58. The van der Waals surface area contributed by atoms with E-state index in [1.807, 2.05) is 0 Å². The van der Waals surface area contributed by atoms with Gasteiger partial charge in [-0.2, -0.15) is 0 Å². The molecule has 0 saturated carbocycles. The number of likely N-dealkylation sites (N-methyl/N-ethyl adjacent to an activating group) is 1. The fraction of sp³-hybridized carbons (Fsp3) is 0.562. The van der Waals surface area contributed by atoms with Gasteiger partial charge in [0.1, 0.15) is 5.69 Å². The van der Waals surface area contributed by atoms with Crippen molar-refractivity contribution in [3.63, 3.8) is 0 Å². The molecule has 7 heteroatoms. The number of benzene rings is 1. The van der Waals surface area contributed by atoms with Crippen LogP contribution in [0.2, 0.25) is 0 Å². The molecule has 0 atom stereocenters. The van der Waals surface area contributed by atoms with Gasteiger partial charge in [-0.1, -0.05) is 0 Å². The van der Waals surface area contributed by atoms with Crippen LogP contribution in [0.3, 0.4) is 0 Å². The Morgan fingerprint density at radius 1 is 1.30 bits per heavy atom. The summed E-state index contributed by atoms with van der Waals surface area (Å²) in [5.41, 5.74) is -1.04. The van der Waals surface area contributed by atoms with Gasteiger partial charge in [-0.15, -0.1) is 0 Å². The molecule has 1 aromatic carbocycles. The number of hydrogen-bond acceptors (Lipinski definition) is 3. The molecule has 0 radical (unpaired) electrons. The van der Waals surface area contributed by atoms with Crippen molar-refractivity contribution in [1.82, 2.24) is 4.90 Å². The highest BCUT2D eigenvalue weighted by Gasteiger charge is 2.23. The van der Waals surface area contributed by atoms with Crippen molar-refractivity contribution >= 4 is 17.4 Å². The predicted molar refractivity (Wildman–Crippen MR) is 85.8 cm³/mol. The number of carbonyl (C=O) groups excluding carboxylic acids is 1. The molecule has 0 unspecified atom stereocenters. The number of aliphatic hydroxyl groups is 1. The maximum absolute atomic E-state index is 14.2. The monoisotopic (exact) mass is 327 g/mol. The first-order valence-corrected chi connectivity index (χ1v) is 7.66. The van der Waals surface area contributed by atoms with Crippen LogP contribution in [0.25, 0.3) is 0 Å². The van der Waals surface area contributed by atoms with Gasteiger partial charge in [0.25, 0.3) is 0 Å². The summed E-state index contributed by atoms with van der Waals surface area (Å²) in [6.45, 7) is 4.50. The summed E-state index contributed by atoms with van der Waals surface area (Å²) in [6.07, 6.45) is 1.83. The average Bonchev–Trinajstić information content (AvgIpc) is 2.89. The maximum Gasteiger partial charge on any atom is 0.321 e. The third-order valence-electron chi connectivity index (χ3n) is 3.66. The van der Waals surface area contributed by atoms with Crippen molar-refractivity contribution in [3.8, 4) is 0 Å². The summed E-state index contributed by atoms with van der Waals surface area (Å²) in [6, 6.07) is 1.69. The number of urea groups is 1. The van der Waals surface area contributed by atoms with E-state index in [9.17, 15) is 18.7 Å². The van der Waals surface area contributed by atoms with Gasteiger partial charge >= 0.3 is 6.03 Å². The topological polar surface area (TPSA) is 55.8 Å². The summed E-state index contributed by atoms with van der Waals surface area (Å²) in [7, 11) is 1.50. The van der Waals surface area contributed by atoms with Gasteiger partial charge in [0.15, 0.2) is 11.6 Å². The van der Waals surface area contributed by atoms with E-state index in [0.29, 0.717) is 13.1 Å². The summed E-state index contributed by atoms with van der Waals surface area (Å²) in [4.78, 5) is 14.9. The number of nitrogens with zero attached hydrogens (tertiary/aromatic N) is 2. The minimum atomic E-state index is -1.05. The first-order chi connectivity index (χ1) is 10.7. The van der Waals surface area contributed by atoms with Crippen LogP contribution in [-0.4, -0.2) is 48.3 Å². The van der Waals surface area contributed by atoms with E-state index < -0.39 is 23.3 Å². The van der Waals surface area contributed by atoms with Gasteiger partial charge in [-0.25, -0.2) is 13.6 Å². The van der Waals surface area contributed by atoms with Gasteiger partial charge in [0.2, 0.25) is 0 Å². The minimum Gasteiger partial charge on any atom is -0.389 e. The lowest BCUT2D eigenvalue weighted by molar-refractivity contribution is 0.0550. The van der Waals surface area contributed by atoms with Crippen LogP contribution in [0.15, 0.2) is 12.1 Å². The van der Waals surface area contributed by atoms with E-state index in [1.54, 1.807) is 18.7 Å². The molecule has 1 aliphatic heterocycles. The highest BCUT2D eigenvalue weighted by atomic mass is 19.1. The Hall–Kier alpha value is -1.89. The first kappa shape index (κ1) is 17.5. The molecule has 1 fully saturated rings. The zero-order chi connectivity index (χ0) is 17.2. The molecule has 0 bridgehead atoms. The predicted octanol–water partition coefficient (Wildman–Crippen LogP) is 2.80. The minimum absolute atomic E-state index is 0.0367. The van der Waals surface area contributed by atoms with E-state index in [2.05, 4.69) is 5.32 Å². The number of anilines is 2. The Labute approximate surface area is 134 Å². The summed E-state index contributed by atoms with van der Waals surface area (Å²) < 4.78 is 28.4. The SMILES string of the molecule is CN(CC(C)(C)O)C(=O)Nc1cc(F)c(N2CCCC2)c(F)c1. The smallest absolute Gasteiger partial charge is 0.321 e. The molecular formula is C16H23F2N3O2. The van der Waals surface area contributed by atoms with Crippen molar-refractivity contribution in [2.45, 2.75) is 32.3 Å². The van der Waals surface area contributed by atoms with Crippen LogP contribution in [0.5, 0.6) is 0 Å². The van der Waals surface area contributed by atoms with Crippen LogP contribution in [0.4, 0.5) is 25.0 Å². The molecule has 5 nitrogen and oxygen atoms in total. The van der Waals surface area contributed by atoms with E-state index >= 15 is 0 Å². The van der Waals surface area contributed by atoms with Crippen molar-refractivity contribution < 1.29 is 18.7 Å². The molecule has 1 heterocycles. The molecule has 1 saturated heterocycles. The molecule has 0 aromatic heterocycles. The fourth-order valence-electron chi connectivity index (χ4n) is 2.75. The number of nitrogens with one attached hydrogen (secondary N) is 1. The number of hydrogen-bond donors (Lipinski definition) is 2. The molecule has 2 N–H and O–H groups in total. The van der Waals surface area contributed by atoms with E-state index in [0.717, 1.165) is 25.0 Å². The fourth-order valence-corrected chi connectivity index (χ4v) is 2.75. The second-order valence-corrected chi connectivity index (χ2v) is 6.58. The van der Waals surface area contributed by atoms with Gasteiger partial charge < -0.3 is 20.2 Å². The largest absolute Gasteiger partial charge is 0.389 e. The van der Waals surface area contributed by atoms with Crippen LogP contribution in [-0.2, 0) is 0 Å². The molecule has 0 spiro atoms. The van der Waals surface area contributed by atoms with Crippen LogP contribution in [0, 0.1) is 11.6 Å². The lowest BCUT2D eigenvalue weighted by atomic mass is 10.1. The molecule has 2 rings (SSSR count). The van der Waals surface area contributed by atoms with Crippen molar-refractivity contribution in [3.05, 3.63) is 23.8 Å². The van der Waals surface area contributed by atoms with Crippen molar-refractivity contribution in [2.24, 2.45) is 0 Å². The average molecular weight is 327 g/mol. The molecule has 23 heavy (non-hydrogen) atoms. The van der Waals surface area contributed by atoms with Gasteiger partial charge in [0.05, 0.1) is 12.1 Å². The lowest BCUT2D eigenvalue weighted by Gasteiger charge is -2.26. The molecule has 128 valence electrons. The summed E-state index contributed by atoms with van der Waals surface area (Å²) >= 11 is 0. The quantitative estimate of drug-likeness (QED) is 0.894. The van der Waals surface area contributed by atoms with Crippen molar-refractivity contribution in [2.75, 3.05) is 36.9 Å². The van der Waals surface area contributed by atoms with Crippen molar-refractivity contribution in [1.29, 1.82) is 0 Å². The standard InChI is InChI=1S/C16H23F2N3O2/c1-16(2,23)10-20(3)15(22)19-11-8-12(17)14(13(18)9-11)21-6-4-5-7-21/h8-9,23H,4-7,10H2,1-3H3,(H,19,22). The van der Waals surface area contributed by atoms with E-state index in [-0.39, 0.29) is 17.9 Å². The van der Waals surface area contributed by atoms with Crippen LogP contribution in [0.1, 0.15) is 26.7 Å². The third-order valence-corrected chi connectivity index (χ3v) is 3.66.